The van der Waals surface area contributed by atoms with Crippen molar-refractivity contribution in [3.05, 3.63) is 87.6 Å². The Morgan fingerprint density at radius 2 is 2.00 bits per heavy atom. The molecule has 0 radical (unpaired) electrons. The van der Waals surface area contributed by atoms with E-state index in [1.165, 1.54) is 23.0 Å². The molecule has 4 rings (SSSR count). The Balaban J connectivity index is 1.72. The summed E-state index contributed by atoms with van der Waals surface area (Å²) in [5.74, 6) is -2.06. The second-order valence-electron chi connectivity index (χ2n) is 6.67. The molecule has 146 valence electrons. The number of nitrogens with zero attached hydrogens (tertiary/aromatic N) is 2. The molecule has 2 aromatic carbocycles. The number of halogens is 1. The summed E-state index contributed by atoms with van der Waals surface area (Å²) in [6.07, 6.45) is 1.37. The highest BCUT2D eigenvalue weighted by atomic mass is 19.1. The molecule has 1 amide bonds. The molecule has 0 aliphatic heterocycles. The van der Waals surface area contributed by atoms with Gasteiger partial charge in [-0.1, -0.05) is 36.4 Å². The number of carbonyl (C=O) groups excluding carboxylic acids is 1. The first kappa shape index (κ1) is 18.4. The molecule has 29 heavy (non-hydrogen) atoms. The van der Waals surface area contributed by atoms with Crippen molar-refractivity contribution in [1.82, 2.24) is 14.8 Å². The third kappa shape index (κ3) is 3.47. The molecule has 0 saturated carbocycles. The SMILES string of the molecule is Cc1ccc(F)c(NC(=O)c2c(O)c3cnn(Cc4ccccc4)c3[nH]c2=O)c1. The molecule has 0 unspecified atom stereocenters. The van der Waals surface area contributed by atoms with Gasteiger partial charge in [0.2, 0.25) is 0 Å². The third-order valence-corrected chi connectivity index (χ3v) is 4.56. The van der Waals surface area contributed by atoms with E-state index in [1.54, 1.807) is 13.0 Å². The Bertz CT molecular complexity index is 1280. The smallest absolute Gasteiger partial charge is 0.266 e. The number of benzene rings is 2. The average molecular weight is 392 g/mol. The summed E-state index contributed by atoms with van der Waals surface area (Å²) in [5, 5.41) is 17.3. The summed E-state index contributed by atoms with van der Waals surface area (Å²) in [6, 6.07) is 13.7. The highest BCUT2D eigenvalue weighted by Crippen LogP contribution is 2.26. The fourth-order valence-corrected chi connectivity index (χ4v) is 3.11. The first-order chi connectivity index (χ1) is 13.9. The molecule has 0 aliphatic carbocycles. The molecule has 0 aliphatic rings. The molecule has 7 nitrogen and oxygen atoms in total. The molecule has 4 aromatic rings. The second kappa shape index (κ2) is 7.23. The lowest BCUT2D eigenvalue weighted by molar-refractivity contribution is 0.102. The number of nitrogens with one attached hydrogen (secondary N) is 2. The van der Waals surface area contributed by atoms with Gasteiger partial charge in [-0.15, -0.1) is 0 Å². The number of hydrogen-bond donors (Lipinski definition) is 3. The summed E-state index contributed by atoms with van der Waals surface area (Å²) < 4.78 is 15.5. The lowest BCUT2D eigenvalue weighted by atomic mass is 10.1. The number of amides is 1. The fraction of sp³-hybridized carbons (Fsp3) is 0.0952. The van der Waals surface area contributed by atoms with Crippen LogP contribution in [0.4, 0.5) is 10.1 Å². The zero-order valence-corrected chi connectivity index (χ0v) is 15.4. The maximum atomic E-state index is 13.9. The van der Waals surface area contributed by atoms with Crippen molar-refractivity contribution >= 4 is 22.6 Å². The number of H-pyrrole nitrogens is 1. The predicted octanol–water partition coefficient (Wildman–Crippen LogP) is 3.18. The van der Waals surface area contributed by atoms with Crippen LogP contribution >= 0.6 is 0 Å². The van der Waals surface area contributed by atoms with E-state index in [9.17, 15) is 19.1 Å². The molecule has 0 atom stereocenters. The van der Waals surface area contributed by atoms with E-state index in [-0.39, 0.29) is 16.7 Å². The number of aromatic amines is 1. The van der Waals surface area contributed by atoms with Gasteiger partial charge < -0.3 is 15.4 Å². The summed E-state index contributed by atoms with van der Waals surface area (Å²) in [5.41, 5.74) is 0.600. The highest BCUT2D eigenvalue weighted by molar-refractivity contribution is 6.08. The molecule has 0 bridgehead atoms. The number of aromatic nitrogens is 3. The summed E-state index contributed by atoms with van der Waals surface area (Å²) in [6.45, 7) is 2.12. The van der Waals surface area contributed by atoms with Gasteiger partial charge in [-0.25, -0.2) is 9.07 Å². The molecule has 2 heterocycles. The first-order valence-corrected chi connectivity index (χ1v) is 8.86. The lowest BCUT2D eigenvalue weighted by Gasteiger charge is -2.09. The summed E-state index contributed by atoms with van der Waals surface area (Å²) in [4.78, 5) is 27.7. The normalized spacial score (nSPS) is 11.0. The lowest BCUT2D eigenvalue weighted by Crippen LogP contribution is -2.24. The zero-order chi connectivity index (χ0) is 20.5. The molecule has 2 aromatic heterocycles. The van der Waals surface area contributed by atoms with Gasteiger partial charge in [-0.2, -0.15) is 5.10 Å². The van der Waals surface area contributed by atoms with Crippen LogP contribution in [-0.4, -0.2) is 25.8 Å². The van der Waals surface area contributed by atoms with Gasteiger partial charge in [0, 0.05) is 0 Å². The van der Waals surface area contributed by atoms with E-state index in [0.29, 0.717) is 6.54 Å². The van der Waals surface area contributed by atoms with Crippen molar-refractivity contribution in [2.45, 2.75) is 13.5 Å². The number of hydrogen-bond acceptors (Lipinski definition) is 4. The summed E-state index contributed by atoms with van der Waals surface area (Å²) in [7, 11) is 0. The summed E-state index contributed by atoms with van der Waals surface area (Å²) >= 11 is 0. The minimum atomic E-state index is -0.911. The molecule has 0 saturated heterocycles. The number of fused-ring (bicyclic) bond motifs is 1. The van der Waals surface area contributed by atoms with Crippen molar-refractivity contribution < 1.29 is 14.3 Å². The van der Waals surface area contributed by atoms with Crippen LogP contribution in [0.3, 0.4) is 0 Å². The van der Waals surface area contributed by atoms with Crippen molar-refractivity contribution in [3.63, 3.8) is 0 Å². The minimum absolute atomic E-state index is 0.0753. The number of anilines is 1. The van der Waals surface area contributed by atoms with Gasteiger partial charge in [0.25, 0.3) is 11.5 Å². The van der Waals surface area contributed by atoms with Crippen LogP contribution in [0.5, 0.6) is 5.75 Å². The van der Waals surface area contributed by atoms with Crippen LogP contribution in [0.1, 0.15) is 21.5 Å². The van der Waals surface area contributed by atoms with Crippen molar-refractivity contribution in [3.8, 4) is 5.75 Å². The van der Waals surface area contributed by atoms with Gasteiger partial charge in [0.15, 0.2) is 0 Å². The molecular formula is C21H17FN4O3. The molecule has 3 N–H and O–H groups in total. The van der Waals surface area contributed by atoms with Crippen molar-refractivity contribution in [2.75, 3.05) is 5.32 Å². The Morgan fingerprint density at radius 1 is 1.24 bits per heavy atom. The maximum absolute atomic E-state index is 13.9. The minimum Gasteiger partial charge on any atom is -0.506 e. The Morgan fingerprint density at radius 3 is 2.76 bits per heavy atom. The molecule has 0 spiro atoms. The van der Waals surface area contributed by atoms with Crippen LogP contribution in [0, 0.1) is 12.7 Å². The van der Waals surface area contributed by atoms with E-state index >= 15 is 0 Å². The van der Waals surface area contributed by atoms with E-state index in [2.05, 4.69) is 15.4 Å². The first-order valence-electron chi connectivity index (χ1n) is 8.86. The van der Waals surface area contributed by atoms with E-state index in [4.69, 9.17) is 0 Å². The number of pyridine rings is 1. The van der Waals surface area contributed by atoms with Gasteiger partial charge >= 0.3 is 0 Å². The highest BCUT2D eigenvalue weighted by Gasteiger charge is 2.22. The molecule has 0 fully saturated rings. The molecular weight excluding hydrogens is 375 g/mol. The van der Waals surface area contributed by atoms with Gasteiger partial charge in [0.05, 0.1) is 23.8 Å². The van der Waals surface area contributed by atoms with Crippen LogP contribution in [0.15, 0.2) is 59.5 Å². The van der Waals surface area contributed by atoms with Crippen LogP contribution < -0.4 is 10.9 Å². The van der Waals surface area contributed by atoms with Crippen LogP contribution in [0.25, 0.3) is 11.0 Å². The van der Waals surface area contributed by atoms with Gasteiger partial charge in [0.1, 0.15) is 22.8 Å². The molecule has 8 heteroatoms. The van der Waals surface area contributed by atoms with Crippen LogP contribution in [0.2, 0.25) is 0 Å². The Hall–Kier alpha value is -3.94. The van der Waals surface area contributed by atoms with E-state index in [0.717, 1.165) is 11.1 Å². The van der Waals surface area contributed by atoms with E-state index in [1.807, 2.05) is 30.3 Å². The van der Waals surface area contributed by atoms with Crippen molar-refractivity contribution in [2.24, 2.45) is 0 Å². The topological polar surface area (TPSA) is 100 Å². The number of rotatable bonds is 4. The number of carbonyl (C=O) groups is 1. The number of aryl methyl sites for hydroxylation is 1. The standard InChI is InChI=1S/C21H17FN4O3/c1-12-7-8-15(22)16(9-12)24-20(28)17-18(27)14-10-23-26(19(14)25-21(17)29)11-13-5-3-2-4-6-13/h2-10H,11H2,1H3,(H,24,28)(H2,25,27,29). The van der Waals surface area contributed by atoms with Gasteiger partial charge in [-0.05, 0) is 30.2 Å². The maximum Gasteiger partial charge on any atom is 0.266 e. The van der Waals surface area contributed by atoms with Crippen molar-refractivity contribution in [1.29, 1.82) is 0 Å². The van der Waals surface area contributed by atoms with Crippen LogP contribution in [-0.2, 0) is 6.54 Å². The van der Waals surface area contributed by atoms with E-state index < -0.39 is 28.6 Å². The largest absolute Gasteiger partial charge is 0.506 e. The number of aromatic hydroxyl groups is 1. The Kier molecular flexibility index (Phi) is 4.59. The Labute approximate surface area is 164 Å². The van der Waals surface area contributed by atoms with Gasteiger partial charge in [-0.3, -0.25) is 9.59 Å². The average Bonchev–Trinajstić information content (AvgIpc) is 3.08. The zero-order valence-electron chi connectivity index (χ0n) is 15.4. The monoisotopic (exact) mass is 392 g/mol. The quantitative estimate of drug-likeness (QED) is 0.497. The predicted molar refractivity (Wildman–Crippen MR) is 107 cm³/mol. The fourth-order valence-electron chi connectivity index (χ4n) is 3.11. The second-order valence-corrected chi connectivity index (χ2v) is 6.67. The third-order valence-electron chi connectivity index (χ3n) is 4.56.